The number of para-hydroxylation sites is 1. The molecule has 0 saturated heterocycles. The number of fused-ring (bicyclic) bond motifs is 1. The van der Waals surface area contributed by atoms with Crippen LogP contribution in [0.2, 0.25) is 0 Å². The van der Waals surface area contributed by atoms with Crippen LogP contribution in [0.4, 0.5) is 0 Å². The van der Waals surface area contributed by atoms with Crippen LogP contribution in [0.5, 0.6) is 0 Å². The normalized spacial score (nSPS) is 31.4. The van der Waals surface area contributed by atoms with E-state index >= 15 is 0 Å². The summed E-state index contributed by atoms with van der Waals surface area (Å²) in [6.07, 6.45) is 9.16. The van der Waals surface area contributed by atoms with Gasteiger partial charge in [0.2, 0.25) is 0 Å². The lowest BCUT2D eigenvalue weighted by molar-refractivity contribution is -0.00234. The molecular formula is C24H30N2O. The van der Waals surface area contributed by atoms with Crippen molar-refractivity contribution in [3.05, 3.63) is 41.6 Å². The van der Waals surface area contributed by atoms with E-state index in [0.29, 0.717) is 11.6 Å². The van der Waals surface area contributed by atoms with Crippen LogP contribution in [-0.4, -0.2) is 17.4 Å². The maximum atomic E-state index is 12.7. The van der Waals surface area contributed by atoms with Crippen LogP contribution >= 0.6 is 0 Å². The maximum Gasteiger partial charge on any atom is 0.269 e. The van der Waals surface area contributed by atoms with E-state index < -0.39 is 0 Å². The van der Waals surface area contributed by atoms with Crippen molar-refractivity contribution in [3.63, 3.8) is 0 Å². The number of hydrogen-bond donors (Lipinski definition) is 1. The van der Waals surface area contributed by atoms with Gasteiger partial charge in [-0.15, -0.1) is 0 Å². The number of carbonyl (C=O) groups excluding carboxylic acids is 1. The summed E-state index contributed by atoms with van der Waals surface area (Å²) in [4.78, 5) is 17.4. The Morgan fingerprint density at radius 2 is 1.78 bits per heavy atom. The molecule has 1 amide bonds. The molecule has 0 spiro atoms. The van der Waals surface area contributed by atoms with E-state index in [-0.39, 0.29) is 5.91 Å². The number of nitrogens with one attached hydrogen (secondary N) is 1. The highest BCUT2D eigenvalue weighted by Crippen LogP contribution is 2.60. The van der Waals surface area contributed by atoms with Crippen LogP contribution in [0, 0.1) is 23.7 Å². The Morgan fingerprint density at radius 1 is 1.07 bits per heavy atom. The maximum absolute atomic E-state index is 12.7. The zero-order valence-electron chi connectivity index (χ0n) is 16.3. The Morgan fingerprint density at radius 3 is 2.48 bits per heavy atom. The lowest BCUT2D eigenvalue weighted by atomic mass is 9.50. The zero-order valence-corrected chi connectivity index (χ0v) is 16.3. The molecule has 4 bridgehead atoms. The van der Waals surface area contributed by atoms with Crippen molar-refractivity contribution in [2.75, 3.05) is 6.54 Å². The quantitative estimate of drug-likeness (QED) is 0.733. The van der Waals surface area contributed by atoms with E-state index in [4.69, 9.17) is 4.98 Å². The average molecular weight is 363 g/mol. The van der Waals surface area contributed by atoms with Crippen molar-refractivity contribution < 1.29 is 4.79 Å². The van der Waals surface area contributed by atoms with Crippen LogP contribution in [0.3, 0.4) is 0 Å². The van der Waals surface area contributed by atoms with Crippen LogP contribution in [-0.2, 0) is 0 Å². The van der Waals surface area contributed by atoms with E-state index in [2.05, 4.69) is 36.5 Å². The predicted octanol–water partition coefficient (Wildman–Crippen LogP) is 5.30. The molecule has 4 saturated carbocycles. The van der Waals surface area contributed by atoms with E-state index in [0.717, 1.165) is 48.6 Å². The van der Waals surface area contributed by atoms with Gasteiger partial charge in [-0.1, -0.05) is 31.5 Å². The van der Waals surface area contributed by atoms with Gasteiger partial charge >= 0.3 is 0 Å². The number of benzene rings is 1. The second-order valence-corrected chi connectivity index (χ2v) is 9.18. The monoisotopic (exact) mass is 362 g/mol. The number of nitrogens with zero attached hydrogens (tertiary/aromatic N) is 1. The predicted molar refractivity (Wildman–Crippen MR) is 109 cm³/mol. The van der Waals surface area contributed by atoms with Crippen LogP contribution < -0.4 is 5.32 Å². The van der Waals surface area contributed by atoms with Gasteiger partial charge in [0.05, 0.1) is 5.52 Å². The lowest BCUT2D eigenvalue weighted by Crippen LogP contribution is -2.43. The van der Waals surface area contributed by atoms with Gasteiger partial charge in [0, 0.05) is 11.9 Å². The summed E-state index contributed by atoms with van der Waals surface area (Å²) in [6.45, 7) is 2.88. The molecule has 3 nitrogen and oxygen atoms in total. The minimum absolute atomic E-state index is 0.0146. The molecule has 4 fully saturated rings. The van der Waals surface area contributed by atoms with Crippen molar-refractivity contribution in [3.8, 4) is 0 Å². The molecule has 1 heterocycles. The molecule has 0 atom stereocenters. The Hall–Kier alpha value is -1.90. The summed E-state index contributed by atoms with van der Waals surface area (Å²) in [5.74, 6) is 4.15. The van der Waals surface area contributed by atoms with Gasteiger partial charge in [0.15, 0.2) is 0 Å². The number of carbonyl (C=O) groups is 1. The molecule has 142 valence electrons. The summed E-state index contributed by atoms with van der Waals surface area (Å²) >= 11 is 0. The van der Waals surface area contributed by atoms with Crippen LogP contribution in [0.1, 0.15) is 73.8 Å². The summed E-state index contributed by atoms with van der Waals surface area (Å²) in [5, 5.41) is 4.32. The molecule has 0 aliphatic heterocycles. The highest BCUT2D eigenvalue weighted by molar-refractivity contribution is 5.96. The van der Waals surface area contributed by atoms with Crippen LogP contribution in [0.25, 0.3) is 10.9 Å². The van der Waals surface area contributed by atoms with Crippen molar-refractivity contribution >= 4 is 16.8 Å². The molecular weight excluding hydrogens is 332 g/mol. The second-order valence-electron chi connectivity index (χ2n) is 9.18. The highest BCUT2D eigenvalue weighted by Gasteiger charge is 2.49. The first-order chi connectivity index (χ1) is 13.2. The first-order valence-electron chi connectivity index (χ1n) is 10.9. The third kappa shape index (κ3) is 3.05. The summed E-state index contributed by atoms with van der Waals surface area (Å²) in [5.41, 5.74) is 2.98. The average Bonchev–Trinajstić information content (AvgIpc) is 2.67. The smallest absolute Gasteiger partial charge is 0.269 e. The summed E-state index contributed by atoms with van der Waals surface area (Å²) in [7, 11) is 0. The van der Waals surface area contributed by atoms with Crippen molar-refractivity contribution in [2.24, 2.45) is 23.7 Å². The number of aromatic nitrogens is 1. The summed E-state index contributed by atoms with van der Waals surface area (Å²) < 4.78 is 0. The van der Waals surface area contributed by atoms with E-state index in [9.17, 15) is 4.79 Å². The zero-order chi connectivity index (χ0) is 18.4. The van der Waals surface area contributed by atoms with Gasteiger partial charge in [-0.25, -0.2) is 4.98 Å². The minimum atomic E-state index is -0.0146. The van der Waals surface area contributed by atoms with Gasteiger partial charge in [0.1, 0.15) is 5.69 Å². The minimum Gasteiger partial charge on any atom is -0.351 e. The molecule has 3 heteroatoms. The fourth-order valence-corrected chi connectivity index (χ4v) is 6.50. The van der Waals surface area contributed by atoms with Gasteiger partial charge in [-0.05, 0) is 85.8 Å². The van der Waals surface area contributed by atoms with E-state index in [1.54, 1.807) is 0 Å². The van der Waals surface area contributed by atoms with Gasteiger partial charge in [-0.3, -0.25) is 4.79 Å². The Kier molecular flexibility index (Phi) is 4.41. The number of amides is 1. The number of rotatable bonds is 5. The largest absolute Gasteiger partial charge is 0.351 e. The van der Waals surface area contributed by atoms with Crippen molar-refractivity contribution in [2.45, 2.75) is 57.8 Å². The second kappa shape index (κ2) is 6.92. The molecule has 4 aliphatic rings. The molecule has 1 N–H and O–H groups in total. The first-order valence-corrected chi connectivity index (χ1v) is 10.9. The number of pyridine rings is 1. The molecule has 1 aromatic heterocycles. The Balaban J connectivity index is 1.54. The highest BCUT2D eigenvalue weighted by atomic mass is 16.1. The number of hydrogen-bond acceptors (Lipinski definition) is 2. The molecule has 4 aliphatic carbocycles. The summed E-state index contributed by atoms with van der Waals surface area (Å²) in [6, 6.07) is 10.6. The lowest BCUT2D eigenvalue weighted by Gasteiger charge is -2.54. The topological polar surface area (TPSA) is 42.0 Å². The third-order valence-corrected chi connectivity index (χ3v) is 7.38. The van der Waals surface area contributed by atoms with E-state index in [1.165, 1.54) is 43.1 Å². The fourth-order valence-electron chi connectivity index (χ4n) is 6.50. The molecule has 0 radical (unpaired) electrons. The molecule has 1 aromatic carbocycles. The molecule has 6 rings (SSSR count). The van der Waals surface area contributed by atoms with Gasteiger partial charge in [-0.2, -0.15) is 0 Å². The molecule has 0 unspecified atom stereocenters. The Labute approximate surface area is 162 Å². The van der Waals surface area contributed by atoms with Gasteiger partial charge in [0.25, 0.3) is 5.91 Å². The molecule has 2 aromatic rings. The third-order valence-electron chi connectivity index (χ3n) is 7.38. The first kappa shape index (κ1) is 17.2. The number of unbranched alkanes of at least 4 members (excludes halogenated alkanes) is 1. The van der Waals surface area contributed by atoms with Crippen LogP contribution in [0.15, 0.2) is 30.3 Å². The fraction of sp³-hybridized carbons (Fsp3) is 0.583. The van der Waals surface area contributed by atoms with Crippen molar-refractivity contribution in [1.82, 2.24) is 10.3 Å². The molecule has 27 heavy (non-hydrogen) atoms. The standard InChI is InChI=1S/C24H30N2O/c1-2-3-8-25-24(27)22-14-20(19-6-4-5-7-21(19)26-22)23-17-10-15-9-16(12-17)13-18(23)11-15/h4-7,14-18,23H,2-3,8-13H2,1H3,(H,25,27). The van der Waals surface area contributed by atoms with Gasteiger partial charge < -0.3 is 5.32 Å². The SMILES string of the molecule is CCCCNC(=O)c1cc(C2C3CC4CC(C3)CC2C4)c2ccccc2n1. The Bertz CT molecular complexity index is 831. The van der Waals surface area contributed by atoms with E-state index in [1.807, 2.05) is 6.07 Å². The van der Waals surface area contributed by atoms with Crippen molar-refractivity contribution in [1.29, 1.82) is 0 Å².